The number of rotatable bonds is 4. The van der Waals surface area contributed by atoms with E-state index in [9.17, 15) is 8.42 Å². The summed E-state index contributed by atoms with van der Waals surface area (Å²) >= 11 is 0. The van der Waals surface area contributed by atoms with Gasteiger partial charge in [-0.2, -0.15) is 8.42 Å². The van der Waals surface area contributed by atoms with E-state index in [1.54, 1.807) is 5.32 Å². The summed E-state index contributed by atoms with van der Waals surface area (Å²) in [5.41, 5.74) is 0. The zero-order valence-corrected chi connectivity index (χ0v) is 7.11. The third kappa shape index (κ3) is 5.41. The van der Waals surface area contributed by atoms with E-state index in [2.05, 4.69) is 0 Å². The summed E-state index contributed by atoms with van der Waals surface area (Å²) in [4.78, 5) is 0. The Hall–Kier alpha value is -0.250. The molecule has 0 rings (SSSR count). The molecule has 5 N–H and O–H groups in total. The van der Waals surface area contributed by atoms with E-state index in [-0.39, 0.29) is 0 Å². The lowest BCUT2D eigenvalue weighted by Gasteiger charge is -2.17. The van der Waals surface area contributed by atoms with Gasteiger partial charge >= 0.3 is 6.10 Å². The Balaban J connectivity index is 3.98. The molecule has 0 radical (unpaired) electrons. The maximum atomic E-state index is 10.3. The molecule has 0 bridgehead atoms. The van der Waals surface area contributed by atoms with E-state index in [0.717, 1.165) is 6.92 Å². The van der Waals surface area contributed by atoms with Gasteiger partial charge in [-0.15, -0.1) is 0 Å². The minimum Gasteiger partial charge on any atom is -0.330 e. The van der Waals surface area contributed by atoms with Gasteiger partial charge < -0.3 is 15.3 Å². The molecule has 8 heteroatoms. The van der Waals surface area contributed by atoms with Gasteiger partial charge in [-0.1, -0.05) is 0 Å². The van der Waals surface area contributed by atoms with Gasteiger partial charge in [0.1, 0.15) is 0 Å². The number of nitrogens with one attached hydrogen (secondary N) is 1. The van der Waals surface area contributed by atoms with Gasteiger partial charge in [-0.3, -0.25) is 4.55 Å². The van der Waals surface area contributed by atoms with Crippen LogP contribution in [0.1, 0.15) is 6.92 Å². The SMILES string of the molecule is CC(CNC(O)(O)O)S(=O)(=O)O. The minimum atomic E-state index is -4.22. The fourth-order valence-corrected chi connectivity index (χ4v) is 0.680. The van der Waals surface area contributed by atoms with Crippen molar-refractivity contribution in [1.82, 2.24) is 5.32 Å². The maximum absolute atomic E-state index is 10.3. The smallest absolute Gasteiger partial charge is 0.330 e. The molecule has 0 aromatic heterocycles. The first-order valence-corrected chi connectivity index (χ1v) is 4.51. The van der Waals surface area contributed by atoms with Gasteiger partial charge in [0.05, 0.1) is 5.25 Å². The third-order valence-corrected chi connectivity index (χ3v) is 2.32. The quantitative estimate of drug-likeness (QED) is 0.250. The molecule has 0 aliphatic carbocycles. The van der Waals surface area contributed by atoms with Crippen LogP contribution in [0.2, 0.25) is 0 Å². The van der Waals surface area contributed by atoms with Crippen LogP contribution in [-0.4, -0.2) is 46.2 Å². The molecule has 0 aliphatic heterocycles. The molecule has 1 atom stereocenters. The molecule has 1 unspecified atom stereocenters. The van der Waals surface area contributed by atoms with Gasteiger partial charge in [0, 0.05) is 6.54 Å². The van der Waals surface area contributed by atoms with Gasteiger partial charge in [-0.25, -0.2) is 5.32 Å². The van der Waals surface area contributed by atoms with Crippen LogP contribution < -0.4 is 5.32 Å². The van der Waals surface area contributed by atoms with E-state index in [1.807, 2.05) is 0 Å². The van der Waals surface area contributed by atoms with E-state index in [1.165, 1.54) is 0 Å². The molecular formula is C4H11NO6S. The van der Waals surface area contributed by atoms with Crippen LogP contribution in [0, 0.1) is 0 Å². The Morgan fingerprint density at radius 3 is 2.08 bits per heavy atom. The molecule has 74 valence electrons. The van der Waals surface area contributed by atoms with E-state index in [4.69, 9.17) is 19.9 Å². The standard InChI is InChI=1S/C4H11NO6S/c1-3(12(9,10)11)2-5-4(6,7)8/h3,5-8H,2H2,1H3,(H,9,10,11). The van der Waals surface area contributed by atoms with Crippen molar-refractivity contribution in [2.45, 2.75) is 18.3 Å². The van der Waals surface area contributed by atoms with Crippen molar-refractivity contribution in [3.05, 3.63) is 0 Å². The first-order chi connectivity index (χ1) is 5.13. The summed E-state index contributed by atoms with van der Waals surface area (Å²) < 4.78 is 29.0. The Labute approximate surface area is 69.4 Å². The predicted molar refractivity (Wildman–Crippen MR) is 38.4 cm³/mol. The normalized spacial score (nSPS) is 16.1. The van der Waals surface area contributed by atoms with Gasteiger partial charge in [0.2, 0.25) is 0 Å². The zero-order chi connectivity index (χ0) is 9.99. The second kappa shape index (κ2) is 3.64. The van der Waals surface area contributed by atoms with Crippen molar-refractivity contribution >= 4 is 10.1 Å². The van der Waals surface area contributed by atoms with Gasteiger partial charge in [0.25, 0.3) is 10.1 Å². The second-order valence-electron chi connectivity index (χ2n) is 2.34. The highest BCUT2D eigenvalue weighted by Gasteiger charge is 2.23. The minimum absolute atomic E-state index is 0.484. The average molecular weight is 201 g/mol. The maximum Gasteiger partial charge on any atom is 0.343 e. The molecular weight excluding hydrogens is 190 g/mol. The Morgan fingerprint density at radius 1 is 1.42 bits per heavy atom. The van der Waals surface area contributed by atoms with E-state index in [0.29, 0.717) is 0 Å². The molecule has 0 saturated carbocycles. The van der Waals surface area contributed by atoms with E-state index < -0.39 is 28.0 Å². The van der Waals surface area contributed by atoms with Crippen LogP contribution >= 0.6 is 0 Å². The van der Waals surface area contributed by atoms with Gasteiger partial charge in [-0.05, 0) is 6.92 Å². The lowest BCUT2D eigenvalue weighted by molar-refractivity contribution is -0.330. The molecule has 12 heavy (non-hydrogen) atoms. The molecule has 0 amide bonds. The molecule has 0 spiro atoms. The number of hydrogen-bond acceptors (Lipinski definition) is 6. The number of hydrogen-bond donors (Lipinski definition) is 5. The predicted octanol–water partition coefficient (Wildman–Crippen LogP) is -2.56. The summed E-state index contributed by atoms with van der Waals surface area (Å²) in [6.45, 7) is 0.649. The lowest BCUT2D eigenvalue weighted by atomic mass is 10.5. The van der Waals surface area contributed by atoms with Crippen molar-refractivity contribution < 1.29 is 28.3 Å². The Kier molecular flexibility index (Phi) is 3.57. The Bertz CT molecular complexity index is 228. The molecule has 7 nitrogen and oxygen atoms in total. The van der Waals surface area contributed by atoms with Crippen LogP contribution in [0.3, 0.4) is 0 Å². The first-order valence-electron chi connectivity index (χ1n) is 3.01. The van der Waals surface area contributed by atoms with Crippen molar-refractivity contribution in [1.29, 1.82) is 0 Å². The molecule has 0 saturated heterocycles. The van der Waals surface area contributed by atoms with Crippen LogP contribution in [0.5, 0.6) is 0 Å². The Morgan fingerprint density at radius 2 is 1.83 bits per heavy atom. The fourth-order valence-electron chi connectivity index (χ4n) is 0.386. The molecule has 0 aromatic rings. The topological polar surface area (TPSA) is 127 Å². The van der Waals surface area contributed by atoms with E-state index >= 15 is 0 Å². The monoisotopic (exact) mass is 201 g/mol. The highest BCUT2D eigenvalue weighted by Crippen LogP contribution is 1.96. The van der Waals surface area contributed by atoms with Crippen LogP contribution in [0.25, 0.3) is 0 Å². The highest BCUT2D eigenvalue weighted by molar-refractivity contribution is 7.86. The fraction of sp³-hybridized carbons (Fsp3) is 1.00. The third-order valence-electron chi connectivity index (χ3n) is 1.14. The second-order valence-corrected chi connectivity index (χ2v) is 4.18. The van der Waals surface area contributed by atoms with Crippen molar-refractivity contribution in [2.75, 3.05) is 6.54 Å². The summed E-state index contributed by atoms with van der Waals surface area (Å²) in [5, 5.41) is 25.2. The lowest BCUT2D eigenvalue weighted by Crippen LogP contribution is -2.48. The molecule has 0 heterocycles. The van der Waals surface area contributed by atoms with Crippen molar-refractivity contribution in [2.24, 2.45) is 0 Å². The van der Waals surface area contributed by atoms with Crippen LogP contribution in [-0.2, 0) is 10.1 Å². The molecule has 0 aliphatic rings. The van der Waals surface area contributed by atoms with Crippen molar-refractivity contribution in [3.8, 4) is 0 Å². The molecule has 0 fully saturated rings. The summed E-state index contributed by atoms with van der Waals surface area (Å²) in [6, 6.07) is 0. The largest absolute Gasteiger partial charge is 0.343 e. The van der Waals surface area contributed by atoms with Crippen LogP contribution in [0.15, 0.2) is 0 Å². The summed E-state index contributed by atoms with van der Waals surface area (Å²) in [6.07, 6.45) is -3.13. The molecule has 0 aromatic carbocycles. The van der Waals surface area contributed by atoms with Crippen LogP contribution in [0.4, 0.5) is 0 Å². The van der Waals surface area contributed by atoms with Crippen molar-refractivity contribution in [3.63, 3.8) is 0 Å². The summed E-state index contributed by atoms with van der Waals surface area (Å²) in [5.74, 6) is 0. The first kappa shape index (κ1) is 11.8. The number of aliphatic hydroxyl groups is 3. The summed E-state index contributed by atoms with van der Waals surface area (Å²) in [7, 11) is -4.22. The highest BCUT2D eigenvalue weighted by atomic mass is 32.2. The van der Waals surface area contributed by atoms with Gasteiger partial charge in [0.15, 0.2) is 0 Å². The average Bonchev–Trinajstić information content (AvgIpc) is 1.78. The zero-order valence-electron chi connectivity index (χ0n) is 6.30.